The van der Waals surface area contributed by atoms with Gasteiger partial charge >= 0.3 is 23.8 Å². The van der Waals surface area contributed by atoms with Gasteiger partial charge in [0.2, 0.25) is 6.10 Å². The molecule has 0 spiro atoms. The molecule has 6 atom stereocenters. The van der Waals surface area contributed by atoms with Gasteiger partial charge in [-0.05, 0) is 76.1 Å². The second kappa shape index (κ2) is 7.17. The number of benzene rings is 1. The van der Waals surface area contributed by atoms with E-state index in [1.165, 1.54) is 0 Å². The summed E-state index contributed by atoms with van der Waals surface area (Å²) in [5.41, 5.74) is -0.257. The molecule has 2 N–H and O–H groups in total. The third-order valence-corrected chi connectivity index (χ3v) is 7.59. The van der Waals surface area contributed by atoms with Gasteiger partial charge in [-0.2, -0.15) is 8.78 Å². The number of carbonyl (C=O) groups excluding carboxylic acids is 2. The molecule has 7 nitrogen and oxygen atoms in total. The van der Waals surface area contributed by atoms with Gasteiger partial charge in [-0.15, -0.1) is 0 Å². The second-order valence-electron chi connectivity index (χ2n) is 7.50. The largest absolute Gasteiger partial charge is 0.506 e. The molecular formula is C18H14F2I2O7. The predicted octanol–water partition coefficient (Wildman–Crippen LogP) is 3.10. The number of aromatic hydroxyl groups is 1. The topological polar surface area (TPSA) is 110 Å². The summed E-state index contributed by atoms with van der Waals surface area (Å²) in [4.78, 5) is 36.2. The van der Waals surface area contributed by atoms with E-state index < -0.39 is 41.8 Å². The van der Waals surface area contributed by atoms with Crippen LogP contribution < -0.4 is 0 Å². The molecule has 1 heterocycles. The van der Waals surface area contributed by atoms with Crippen LogP contribution in [0.5, 0.6) is 5.75 Å². The van der Waals surface area contributed by atoms with Crippen molar-refractivity contribution in [1.29, 1.82) is 0 Å². The van der Waals surface area contributed by atoms with Crippen LogP contribution in [0.1, 0.15) is 24.5 Å². The van der Waals surface area contributed by atoms with Gasteiger partial charge in [0.05, 0.1) is 19.0 Å². The molecule has 1 aromatic carbocycles. The molecule has 1 saturated heterocycles. The molecule has 2 saturated carbocycles. The number of carbonyl (C=O) groups is 3. The first-order valence-electron chi connectivity index (χ1n) is 8.72. The van der Waals surface area contributed by atoms with E-state index in [1.807, 2.05) is 0 Å². The molecule has 0 radical (unpaired) electrons. The maximum Gasteiger partial charge on any atom is 0.382 e. The Morgan fingerprint density at radius 1 is 1.24 bits per heavy atom. The Morgan fingerprint density at radius 3 is 2.45 bits per heavy atom. The molecule has 3 fully saturated rings. The number of hydrogen-bond donors (Lipinski definition) is 2. The molecule has 1 aromatic rings. The van der Waals surface area contributed by atoms with Crippen LogP contribution in [-0.4, -0.2) is 40.1 Å². The van der Waals surface area contributed by atoms with Crippen molar-refractivity contribution in [3.05, 3.63) is 24.8 Å². The van der Waals surface area contributed by atoms with Gasteiger partial charge < -0.3 is 19.7 Å². The van der Waals surface area contributed by atoms with E-state index in [9.17, 15) is 28.3 Å². The number of carboxylic acids is 1. The Morgan fingerprint density at radius 2 is 1.86 bits per heavy atom. The summed E-state index contributed by atoms with van der Waals surface area (Å²) >= 11 is 3.42. The highest BCUT2D eigenvalue weighted by Gasteiger charge is 2.65. The number of alkyl halides is 2. The lowest BCUT2D eigenvalue weighted by Crippen LogP contribution is -2.41. The quantitative estimate of drug-likeness (QED) is 0.379. The smallest absolute Gasteiger partial charge is 0.382 e. The summed E-state index contributed by atoms with van der Waals surface area (Å²) in [5, 5.41) is 18.9. The first kappa shape index (κ1) is 21.0. The molecule has 4 rings (SSSR count). The molecule has 156 valence electrons. The van der Waals surface area contributed by atoms with Crippen LogP contribution in [0.4, 0.5) is 8.78 Å². The van der Waals surface area contributed by atoms with Crippen molar-refractivity contribution < 1.29 is 42.9 Å². The number of phenolic OH excluding ortho intramolecular Hbond substituents is 1. The standard InChI is InChI=1S/C18H14F2I2O7/c19-18(20,17(26)27)14(6-2-8(21)13(23)9(22)3-6)29-15(24)11-5-1-7-10(4-5)28-16(25)12(7)11/h2-3,5,7,10-12,14,23H,1,4H2,(H,26,27). The Bertz CT molecular complexity index is 896. The lowest BCUT2D eigenvalue weighted by Gasteiger charge is -2.28. The van der Waals surface area contributed by atoms with Gasteiger partial charge in [0.1, 0.15) is 11.9 Å². The third kappa shape index (κ3) is 3.27. The van der Waals surface area contributed by atoms with Crippen LogP contribution in [0, 0.1) is 30.8 Å². The fraction of sp³-hybridized carbons (Fsp3) is 0.500. The van der Waals surface area contributed by atoms with E-state index in [4.69, 9.17) is 14.6 Å². The molecule has 11 heteroatoms. The highest BCUT2D eigenvalue weighted by atomic mass is 127. The van der Waals surface area contributed by atoms with E-state index in [1.54, 1.807) is 45.2 Å². The zero-order valence-corrected chi connectivity index (χ0v) is 18.8. The van der Waals surface area contributed by atoms with Gasteiger partial charge in [0.25, 0.3) is 0 Å². The summed E-state index contributed by atoms with van der Waals surface area (Å²) in [6.07, 6.45) is -1.59. The molecule has 1 aliphatic heterocycles. The van der Waals surface area contributed by atoms with Gasteiger partial charge in [-0.3, -0.25) is 9.59 Å². The minimum atomic E-state index is -4.41. The third-order valence-electron chi connectivity index (χ3n) is 5.95. The summed E-state index contributed by atoms with van der Waals surface area (Å²) < 4.78 is 39.8. The zero-order valence-electron chi connectivity index (χ0n) is 14.5. The van der Waals surface area contributed by atoms with Gasteiger partial charge in [-0.25, -0.2) is 4.79 Å². The lowest BCUT2D eigenvalue weighted by atomic mass is 9.80. The average Bonchev–Trinajstić information content (AvgIpc) is 3.25. The number of carboxylic acid groups (broad SMARTS) is 1. The van der Waals surface area contributed by atoms with Crippen molar-refractivity contribution in [2.24, 2.45) is 23.7 Å². The predicted molar refractivity (Wildman–Crippen MR) is 108 cm³/mol. The molecule has 2 aliphatic carbocycles. The highest BCUT2D eigenvalue weighted by molar-refractivity contribution is 14.1. The van der Waals surface area contributed by atoms with Crippen LogP contribution in [0.15, 0.2) is 12.1 Å². The molecule has 29 heavy (non-hydrogen) atoms. The highest BCUT2D eigenvalue weighted by Crippen LogP contribution is 2.58. The van der Waals surface area contributed by atoms with E-state index >= 15 is 0 Å². The zero-order chi connectivity index (χ0) is 21.2. The number of halogens is 4. The number of aliphatic carboxylic acids is 1. The Labute approximate surface area is 190 Å². The minimum Gasteiger partial charge on any atom is -0.506 e. The van der Waals surface area contributed by atoms with Crippen molar-refractivity contribution in [2.45, 2.75) is 31.0 Å². The van der Waals surface area contributed by atoms with Gasteiger partial charge in [0.15, 0.2) is 0 Å². The van der Waals surface area contributed by atoms with Crippen molar-refractivity contribution in [3.8, 4) is 5.75 Å². The summed E-state index contributed by atoms with van der Waals surface area (Å²) in [7, 11) is 0. The fourth-order valence-corrected chi connectivity index (χ4v) is 6.54. The van der Waals surface area contributed by atoms with Crippen molar-refractivity contribution in [1.82, 2.24) is 0 Å². The normalized spacial score (nSPS) is 30.9. The van der Waals surface area contributed by atoms with E-state index in [-0.39, 0.29) is 36.4 Å². The number of hydrogen-bond acceptors (Lipinski definition) is 6. The summed E-state index contributed by atoms with van der Waals surface area (Å²) in [6, 6.07) is 2.29. The van der Waals surface area contributed by atoms with Crippen LogP contribution in [-0.2, 0) is 23.9 Å². The Hall–Kier alpha value is -1.25. The first-order valence-corrected chi connectivity index (χ1v) is 10.9. The second-order valence-corrected chi connectivity index (χ2v) is 9.82. The lowest BCUT2D eigenvalue weighted by molar-refractivity contribution is -0.198. The monoisotopic (exact) mass is 634 g/mol. The molecule has 0 aromatic heterocycles. The van der Waals surface area contributed by atoms with Crippen LogP contribution in [0.25, 0.3) is 0 Å². The Kier molecular flexibility index (Phi) is 5.19. The number of rotatable bonds is 5. The van der Waals surface area contributed by atoms with Crippen LogP contribution >= 0.6 is 45.2 Å². The number of esters is 2. The van der Waals surface area contributed by atoms with Crippen LogP contribution in [0.2, 0.25) is 0 Å². The Balaban J connectivity index is 1.67. The summed E-state index contributed by atoms with van der Waals surface area (Å²) in [5.74, 6) is -10.5. The molecular weight excluding hydrogens is 620 g/mol. The maximum atomic E-state index is 14.5. The van der Waals surface area contributed by atoms with Crippen molar-refractivity contribution in [3.63, 3.8) is 0 Å². The molecule has 6 unspecified atom stereocenters. The molecule has 3 aliphatic rings. The van der Waals surface area contributed by atoms with E-state index in [2.05, 4.69) is 0 Å². The molecule has 2 bridgehead atoms. The number of fused-ring (bicyclic) bond motifs is 1. The first-order chi connectivity index (χ1) is 13.5. The van der Waals surface area contributed by atoms with E-state index in [0.29, 0.717) is 12.8 Å². The fourth-order valence-electron chi connectivity index (χ4n) is 4.72. The SMILES string of the molecule is O=C(OC(c1cc(I)c(O)c(I)c1)C(F)(F)C(=O)O)C1C2CC3OC(=O)C1C3C2. The van der Waals surface area contributed by atoms with Crippen molar-refractivity contribution in [2.75, 3.05) is 0 Å². The summed E-state index contributed by atoms with van der Waals surface area (Å²) in [6.45, 7) is 0. The molecule has 0 amide bonds. The number of phenols is 1. The van der Waals surface area contributed by atoms with Crippen molar-refractivity contribution >= 4 is 63.1 Å². The number of ether oxygens (including phenoxy) is 2. The van der Waals surface area contributed by atoms with Gasteiger partial charge in [-0.1, -0.05) is 0 Å². The maximum absolute atomic E-state index is 14.5. The minimum absolute atomic E-state index is 0.126. The van der Waals surface area contributed by atoms with Gasteiger partial charge in [0, 0.05) is 11.5 Å². The van der Waals surface area contributed by atoms with E-state index in [0.717, 1.165) is 12.1 Å². The average molecular weight is 634 g/mol. The van der Waals surface area contributed by atoms with Crippen LogP contribution in [0.3, 0.4) is 0 Å².